The van der Waals surface area contributed by atoms with Gasteiger partial charge in [-0.1, -0.05) is 6.07 Å². The number of alkyl halides is 4. The quantitative estimate of drug-likeness (QED) is 0.795. The predicted octanol–water partition coefficient (Wildman–Crippen LogP) is 2.63. The molecule has 1 unspecified atom stereocenters. The second kappa shape index (κ2) is 5.25. The molecule has 6 heteroatoms. The normalized spacial score (nSPS) is 14.1. The van der Waals surface area contributed by atoms with Crippen LogP contribution in [-0.4, -0.2) is 23.9 Å². The summed E-state index contributed by atoms with van der Waals surface area (Å²) in [4.78, 5) is 3.81. The Kier molecular flexibility index (Phi) is 4.23. The second-order valence-corrected chi connectivity index (χ2v) is 3.45. The minimum atomic E-state index is -4.00. The van der Waals surface area contributed by atoms with Gasteiger partial charge in [0.2, 0.25) is 0 Å². The van der Waals surface area contributed by atoms with Crippen LogP contribution in [0.15, 0.2) is 24.5 Å². The lowest BCUT2D eigenvalue weighted by molar-refractivity contribution is -0.126. The van der Waals surface area contributed by atoms with Crippen LogP contribution in [0.5, 0.6) is 0 Å². The highest BCUT2D eigenvalue weighted by Crippen LogP contribution is 2.22. The van der Waals surface area contributed by atoms with E-state index in [1.54, 1.807) is 25.3 Å². The lowest BCUT2D eigenvalue weighted by Crippen LogP contribution is -2.39. The molecule has 1 aromatic heterocycles. The number of halogens is 4. The SMILES string of the molecule is CC(NCC(F)(F)C(F)F)c1cccnc1. The van der Waals surface area contributed by atoms with Crippen molar-refractivity contribution < 1.29 is 17.6 Å². The Bertz CT molecular complexity index is 316. The second-order valence-electron chi connectivity index (χ2n) is 3.45. The molecular weight excluding hydrogens is 224 g/mol. The average molecular weight is 236 g/mol. The van der Waals surface area contributed by atoms with Gasteiger partial charge in [0.05, 0.1) is 6.54 Å². The van der Waals surface area contributed by atoms with Gasteiger partial charge in [-0.3, -0.25) is 4.98 Å². The molecule has 1 atom stereocenters. The fourth-order valence-electron chi connectivity index (χ4n) is 1.12. The van der Waals surface area contributed by atoms with Gasteiger partial charge in [0, 0.05) is 18.4 Å². The van der Waals surface area contributed by atoms with Crippen molar-refractivity contribution in [1.82, 2.24) is 10.3 Å². The minimum Gasteiger partial charge on any atom is -0.304 e. The first-order valence-electron chi connectivity index (χ1n) is 4.73. The molecule has 2 nitrogen and oxygen atoms in total. The summed E-state index contributed by atoms with van der Waals surface area (Å²) >= 11 is 0. The van der Waals surface area contributed by atoms with E-state index < -0.39 is 24.9 Å². The van der Waals surface area contributed by atoms with Crippen LogP contribution in [0, 0.1) is 0 Å². The molecule has 0 spiro atoms. The molecule has 0 aliphatic heterocycles. The maximum Gasteiger partial charge on any atom is 0.319 e. The molecule has 90 valence electrons. The van der Waals surface area contributed by atoms with Crippen LogP contribution in [0.25, 0.3) is 0 Å². The van der Waals surface area contributed by atoms with Crippen molar-refractivity contribution in [2.75, 3.05) is 6.54 Å². The molecule has 1 aromatic rings. The number of nitrogens with one attached hydrogen (secondary N) is 1. The first kappa shape index (κ1) is 12.9. The van der Waals surface area contributed by atoms with E-state index >= 15 is 0 Å². The zero-order chi connectivity index (χ0) is 12.2. The van der Waals surface area contributed by atoms with Gasteiger partial charge >= 0.3 is 12.3 Å². The maximum atomic E-state index is 12.6. The molecule has 16 heavy (non-hydrogen) atoms. The van der Waals surface area contributed by atoms with Crippen molar-refractivity contribution in [2.45, 2.75) is 25.3 Å². The lowest BCUT2D eigenvalue weighted by Gasteiger charge is -2.19. The highest BCUT2D eigenvalue weighted by Gasteiger charge is 2.40. The van der Waals surface area contributed by atoms with Gasteiger partial charge in [-0.05, 0) is 18.6 Å². The summed E-state index contributed by atoms with van der Waals surface area (Å²) in [5.74, 6) is -4.00. The number of hydrogen-bond donors (Lipinski definition) is 1. The predicted molar refractivity (Wildman–Crippen MR) is 51.6 cm³/mol. The third-order valence-electron chi connectivity index (χ3n) is 2.15. The van der Waals surface area contributed by atoms with Crippen molar-refractivity contribution >= 4 is 0 Å². The summed E-state index contributed by atoms with van der Waals surface area (Å²) < 4.78 is 48.9. The molecule has 0 aliphatic carbocycles. The highest BCUT2D eigenvalue weighted by molar-refractivity contribution is 5.12. The minimum absolute atomic E-state index is 0.446. The average Bonchev–Trinajstić information content (AvgIpc) is 2.27. The van der Waals surface area contributed by atoms with Gasteiger partial charge in [-0.25, -0.2) is 8.78 Å². The van der Waals surface area contributed by atoms with Crippen LogP contribution in [0.1, 0.15) is 18.5 Å². The first-order valence-corrected chi connectivity index (χ1v) is 4.73. The van der Waals surface area contributed by atoms with Crippen LogP contribution in [0.3, 0.4) is 0 Å². The van der Waals surface area contributed by atoms with E-state index in [1.807, 2.05) is 0 Å². The van der Waals surface area contributed by atoms with E-state index in [4.69, 9.17) is 0 Å². The third kappa shape index (κ3) is 3.44. The van der Waals surface area contributed by atoms with Gasteiger partial charge in [0.25, 0.3) is 0 Å². The Hall–Kier alpha value is -1.17. The molecule has 0 fully saturated rings. The van der Waals surface area contributed by atoms with Gasteiger partial charge < -0.3 is 5.32 Å². The molecule has 0 radical (unpaired) electrons. The Morgan fingerprint density at radius 2 is 2.12 bits per heavy atom. The van der Waals surface area contributed by atoms with Gasteiger partial charge in [-0.15, -0.1) is 0 Å². The number of hydrogen-bond acceptors (Lipinski definition) is 2. The summed E-state index contributed by atoms with van der Waals surface area (Å²) in [6.07, 6.45) is -0.608. The van der Waals surface area contributed by atoms with E-state index in [0.29, 0.717) is 5.56 Å². The molecular formula is C10H12F4N2. The van der Waals surface area contributed by atoms with Gasteiger partial charge in [0.15, 0.2) is 0 Å². The van der Waals surface area contributed by atoms with E-state index in [2.05, 4.69) is 10.3 Å². The van der Waals surface area contributed by atoms with Crippen LogP contribution < -0.4 is 5.32 Å². The molecule has 0 bridgehead atoms. The largest absolute Gasteiger partial charge is 0.319 e. The topological polar surface area (TPSA) is 24.9 Å². The summed E-state index contributed by atoms with van der Waals surface area (Å²) in [5.41, 5.74) is 0.674. The van der Waals surface area contributed by atoms with E-state index in [1.165, 1.54) is 6.20 Å². The molecule has 1 heterocycles. The summed E-state index contributed by atoms with van der Waals surface area (Å²) in [6.45, 7) is 0.555. The van der Waals surface area contributed by atoms with Crippen molar-refractivity contribution in [3.63, 3.8) is 0 Å². The van der Waals surface area contributed by atoms with Crippen LogP contribution >= 0.6 is 0 Å². The highest BCUT2D eigenvalue weighted by atomic mass is 19.3. The van der Waals surface area contributed by atoms with Crippen molar-refractivity contribution in [3.05, 3.63) is 30.1 Å². The van der Waals surface area contributed by atoms with Crippen molar-refractivity contribution in [1.29, 1.82) is 0 Å². The van der Waals surface area contributed by atoms with Crippen LogP contribution in [0.2, 0.25) is 0 Å². The van der Waals surface area contributed by atoms with Crippen molar-refractivity contribution in [2.24, 2.45) is 0 Å². The smallest absolute Gasteiger partial charge is 0.304 e. The number of nitrogens with zero attached hydrogens (tertiary/aromatic N) is 1. The van der Waals surface area contributed by atoms with E-state index in [9.17, 15) is 17.6 Å². The molecule has 0 aromatic carbocycles. The fourth-order valence-corrected chi connectivity index (χ4v) is 1.12. The Morgan fingerprint density at radius 1 is 1.44 bits per heavy atom. The van der Waals surface area contributed by atoms with Gasteiger partial charge in [0.1, 0.15) is 0 Å². The Morgan fingerprint density at radius 3 is 2.62 bits per heavy atom. The van der Waals surface area contributed by atoms with E-state index in [-0.39, 0.29) is 0 Å². The molecule has 1 N–H and O–H groups in total. The van der Waals surface area contributed by atoms with Crippen LogP contribution in [-0.2, 0) is 0 Å². The molecule has 0 amide bonds. The zero-order valence-electron chi connectivity index (χ0n) is 8.63. The standard InChI is InChI=1S/C10H12F4N2/c1-7(8-3-2-4-15-5-8)16-6-10(13,14)9(11)12/h2-5,7,9,16H,6H2,1H3. The molecule has 1 rings (SSSR count). The maximum absolute atomic E-state index is 12.6. The molecule has 0 aliphatic rings. The van der Waals surface area contributed by atoms with Crippen LogP contribution in [0.4, 0.5) is 17.6 Å². The Labute approximate surface area is 90.7 Å². The summed E-state index contributed by atoms with van der Waals surface area (Å²) in [5, 5.41) is 2.35. The number of aromatic nitrogens is 1. The fraction of sp³-hybridized carbons (Fsp3) is 0.500. The van der Waals surface area contributed by atoms with E-state index in [0.717, 1.165) is 0 Å². The molecule has 0 saturated carbocycles. The Balaban J connectivity index is 2.51. The summed E-state index contributed by atoms with van der Waals surface area (Å²) in [7, 11) is 0. The third-order valence-corrected chi connectivity index (χ3v) is 2.15. The number of rotatable bonds is 5. The van der Waals surface area contributed by atoms with Gasteiger partial charge in [-0.2, -0.15) is 8.78 Å². The monoisotopic (exact) mass is 236 g/mol. The first-order chi connectivity index (χ1) is 7.43. The zero-order valence-corrected chi connectivity index (χ0v) is 8.63. The summed E-state index contributed by atoms with van der Waals surface area (Å²) in [6, 6.07) is 2.89. The van der Waals surface area contributed by atoms with Crippen molar-refractivity contribution in [3.8, 4) is 0 Å². The molecule has 0 saturated heterocycles. The lowest BCUT2D eigenvalue weighted by atomic mass is 10.1. The number of pyridine rings is 1.